The Labute approximate surface area is 681 Å². The fraction of sp³-hybridized carbons (Fsp3) is 0.657. The van der Waals surface area contributed by atoms with Crippen LogP contribution in [0.1, 0.15) is 376 Å². The Kier molecular flexibility index (Phi) is 43.3. The summed E-state index contributed by atoms with van der Waals surface area (Å²) in [6.07, 6.45) is 55.7. The van der Waals surface area contributed by atoms with Gasteiger partial charge in [0.05, 0.1) is 49.2 Å². The van der Waals surface area contributed by atoms with Crippen LogP contribution in [-0.2, 0) is 22.4 Å². The molecule has 0 atom stereocenters. The molecule has 0 bridgehead atoms. The highest BCUT2D eigenvalue weighted by Gasteiger charge is 2.39. The van der Waals surface area contributed by atoms with Crippen LogP contribution in [0.2, 0.25) is 0 Å². The van der Waals surface area contributed by atoms with Gasteiger partial charge in [0.2, 0.25) is 5.69 Å². The molecule has 0 saturated heterocycles. The number of ether oxygens (including phenoxy) is 5. The van der Waals surface area contributed by atoms with Crippen LogP contribution >= 0.6 is 0 Å². The molecule has 6 aliphatic carbocycles. The van der Waals surface area contributed by atoms with Crippen LogP contribution in [0, 0.1) is 76.6 Å². The molecule has 10 nitrogen and oxygen atoms in total. The Balaban J connectivity index is 0.000000197. The van der Waals surface area contributed by atoms with Gasteiger partial charge in [-0.3, -0.25) is 9.59 Å². The van der Waals surface area contributed by atoms with Gasteiger partial charge in [-0.2, -0.15) is 5.26 Å². The van der Waals surface area contributed by atoms with E-state index in [2.05, 4.69) is 103 Å². The maximum Gasteiger partial charge on any atom is 0.342 e. The summed E-state index contributed by atoms with van der Waals surface area (Å²) in [4.78, 5) is 40.7. The lowest BCUT2D eigenvalue weighted by Gasteiger charge is -2.40. The van der Waals surface area contributed by atoms with Gasteiger partial charge in [-0.25, -0.2) is 9.64 Å². The second-order valence-electron chi connectivity index (χ2n) is 34.5. The molecule has 0 N–H and O–H groups in total. The number of aryl methyl sites for hydroxylation is 2. The van der Waals surface area contributed by atoms with Crippen molar-refractivity contribution in [1.82, 2.24) is 0 Å². The summed E-state index contributed by atoms with van der Waals surface area (Å²) in [5.41, 5.74) is 6.46. The summed E-state index contributed by atoms with van der Waals surface area (Å²) >= 11 is 0. The highest BCUT2D eigenvalue weighted by Crippen LogP contribution is 2.49. The van der Waals surface area contributed by atoms with E-state index in [0.717, 1.165) is 122 Å². The van der Waals surface area contributed by atoms with E-state index in [-0.39, 0.29) is 29.2 Å². The van der Waals surface area contributed by atoms with Gasteiger partial charge in [0.1, 0.15) is 28.7 Å². The van der Waals surface area contributed by atoms with Crippen LogP contribution in [0.5, 0.6) is 28.7 Å². The standard InChI is InChI=1S/C27H33NO2.C20H35N.2C19H28O3.C17H26/c1-4-6-8-21-11-18-26(25(19-21)28-3)30-27(29)24-16-14-23(15-17-24)22-12-9-20(7-5-2)10-13-22;1-3-5-13-20(16-21)14-11-19(12-15-20)18-9-7-17(6-4-2)8-10-18;1-3-4-5-6-15-7-9-16(10-8-15)19(20)22-18-13-11-17(21-2)12-14-18;1-3-5-6-15-7-9-16(10-8-15)19(20)22-18-13-11-17(12-14-18)21-4-2;1-3-5-15-8-12-17(13-9-15)16-10-6-14(4-2)7-11-16/h11,14-20,22H,4-10,12-13H2,1-2H3;17-19H,3-15H2,1-2H3;2*11-16H,3-10H2,1-2H3;6-7,10-11,15,17H,3-5,8-9,12-13H2,1-2H3. The molecule has 5 aromatic rings. The molecule has 0 spiro atoms. The molecule has 6 fully saturated rings. The summed E-state index contributed by atoms with van der Waals surface area (Å²) in [5, 5.41) is 9.61. The molecule has 10 heteroatoms. The monoisotopic (exact) mass is 1530 g/mol. The summed E-state index contributed by atoms with van der Waals surface area (Å²) < 4.78 is 27.0. The maximum atomic E-state index is 12.6. The SMILES string of the molecule is CCCC1CCC(c2ccc(CC)cc2)CC1.CCCCC1(C#N)CCC(C2CCC(CCC)CC2)CC1.CCCCC1CCC(C(=O)Oc2ccc(OCC)cc2)CC1.CCCCCC1CCC(C(=O)Oc2ccc(OC)cc2)CC1.[C-]#[N+]c1cc(CCCC)ccc1OC(=O)c1ccc(C2CCC(CCC)CC2)cc1. The predicted molar refractivity (Wildman–Crippen MR) is 464 cm³/mol. The van der Waals surface area contributed by atoms with Crippen molar-refractivity contribution >= 4 is 23.6 Å². The van der Waals surface area contributed by atoms with Crippen molar-refractivity contribution in [2.24, 2.45) is 58.7 Å². The summed E-state index contributed by atoms with van der Waals surface area (Å²) in [6, 6.07) is 39.9. The Morgan fingerprint density at radius 1 is 0.429 bits per heavy atom. The fourth-order valence-corrected chi connectivity index (χ4v) is 19.1. The average Bonchev–Trinajstić information content (AvgIpc) is 0.820. The number of carbonyl (C=O) groups excluding carboxylic acids is 3. The van der Waals surface area contributed by atoms with Crippen molar-refractivity contribution in [1.29, 1.82) is 5.26 Å². The van der Waals surface area contributed by atoms with Gasteiger partial charge in [-0.05, 0) is 317 Å². The fourth-order valence-electron chi connectivity index (χ4n) is 19.1. The third kappa shape index (κ3) is 32.1. The van der Waals surface area contributed by atoms with Crippen molar-refractivity contribution in [2.45, 2.75) is 357 Å². The van der Waals surface area contributed by atoms with E-state index in [0.29, 0.717) is 41.0 Å². The minimum atomic E-state index is -0.403. The molecule has 5 aromatic carbocycles. The Morgan fingerprint density at radius 2 is 0.848 bits per heavy atom. The Morgan fingerprint density at radius 3 is 1.29 bits per heavy atom. The highest BCUT2D eigenvalue weighted by atomic mass is 16.5. The van der Waals surface area contributed by atoms with Gasteiger partial charge >= 0.3 is 17.9 Å². The number of nitriles is 1. The van der Waals surface area contributed by atoms with Gasteiger partial charge in [-0.15, -0.1) is 0 Å². The number of unbranched alkanes of at least 4 members (excludes halogenated alkanes) is 5. The first kappa shape index (κ1) is 92.3. The lowest BCUT2D eigenvalue weighted by molar-refractivity contribution is -0.141. The molecule has 0 aromatic heterocycles. The van der Waals surface area contributed by atoms with Crippen LogP contribution in [0.3, 0.4) is 0 Å². The van der Waals surface area contributed by atoms with Crippen LogP contribution < -0.4 is 23.7 Å². The number of esters is 3. The highest BCUT2D eigenvalue weighted by molar-refractivity contribution is 5.92. The molecular formula is C102H150N2O8. The van der Waals surface area contributed by atoms with Crippen LogP contribution in [0.25, 0.3) is 4.85 Å². The van der Waals surface area contributed by atoms with Crippen LogP contribution in [0.4, 0.5) is 5.69 Å². The lowest BCUT2D eigenvalue weighted by Crippen LogP contribution is -2.31. The summed E-state index contributed by atoms with van der Waals surface area (Å²) in [5.74, 6) is 10.7. The number of hydrogen-bond donors (Lipinski definition) is 0. The van der Waals surface area contributed by atoms with Gasteiger partial charge < -0.3 is 23.7 Å². The molecule has 6 saturated carbocycles. The smallest absolute Gasteiger partial charge is 0.342 e. The van der Waals surface area contributed by atoms with Crippen molar-refractivity contribution in [3.8, 4) is 34.8 Å². The zero-order valence-electron chi connectivity index (χ0n) is 71.8. The second-order valence-corrected chi connectivity index (χ2v) is 34.5. The maximum absolute atomic E-state index is 12.6. The zero-order valence-corrected chi connectivity index (χ0v) is 71.8. The van der Waals surface area contributed by atoms with E-state index >= 15 is 0 Å². The van der Waals surface area contributed by atoms with Gasteiger partial charge in [0, 0.05) is 0 Å². The minimum absolute atomic E-state index is 0.0475. The first-order valence-corrected chi connectivity index (χ1v) is 45.8. The van der Waals surface area contributed by atoms with E-state index in [1.807, 2.05) is 55.5 Å². The second kappa shape index (κ2) is 52.5. The molecule has 0 radical (unpaired) electrons. The van der Waals surface area contributed by atoms with E-state index in [1.54, 1.807) is 43.0 Å². The minimum Gasteiger partial charge on any atom is -0.497 e. The molecule has 616 valence electrons. The first-order chi connectivity index (χ1) is 54.6. The van der Waals surface area contributed by atoms with Gasteiger partial charge in [0.15, 0.2) is 0 Å². The van der Waals surface area contributed by atoms with Crippen molar-refractivity contribution in [2.75, 3.05) is 13.7 Å². The number of hydrogen-bond acceptors (Lipinski definition) is 9. The third-order valence-corrected chi connectivity index (χ3v) is 26.4. The molecule has 112 heavy (non-hydrogen) atoms. The molecule has 0 heterocycles. The molecule has 0 unspecified atom stereocenters. The molecule has 6 aliphatic rings. The predicted octanol–water partition coefficient (Wildman–Crippen LogP) is 29.7. The number of carbonyl (C=O) groups is 3. The van der Waals surface area contributed by atoms with Crippen LogP contribution in [0.15, 0.2) is 115 Å². The molecule has 0 amide bonds. The molecule has 0 aliphatic heterocycles. The summed E-state index contributed by atoms with van der Waals surface area (Å²) in [7, 11) is 1.62. The van der Waals surface area contributed by atoms with Crippen molar-refractivity contribution in [3.05, 3.63) is 154 Å². The normalized spacial score (nSPS) is 24.1. The number of benzene rings is 5. The largest absolute Gasteiger partial charge is 0.497 e. The summed E-state index contributed by atoms with van der Waals surface area (Å²) in [6.45, 7) is 28.0. The number of nitrogens with zero attached hydrogens (tertiary/aromatic N) is 2. The van der Waals surface area contributed by atoms with Gasteiger partial charge in [-0.1, -0.05) is 219 Å². The first-order valence-electron chi connectivity index (χ1n) is 45.8. The Bertz CT molecular complexity index is 3450. The topological polar surface area (TPSA) is 126 Å². The van der Waals surface area contributed by atoms with Gasteiger partial charge in [0.25, 0.3) is 0 Å². The van der Waals surface area contributed by atoms with Crippen molar-refractivity contribution < 1.29 is 38.1 Å². The van der Waals surface area contributed by atoms with Crippen molar-refractivity contribution in [3.63, 3.8) is 0 Å². The van der Waals surface area contributed by atoms with E-state index < -0.39 is 5.97 Å². The van der Waals surface area contributed by atoms with E-state index in [1.165, 1.54) is 236 Å². The molecular weight excluding hydrogens is 1380 g/mol. The van der Waals surface area contributed by atoms with Crippen LogP contribution in [-0.4, -0.2) is 31.6 Å². The van der Waals surface area contributed by atoms with E-state index in [9.17, 15) is 19.6 Å². The number of methoxy groups -OCH3 is 1. The lowest BCUT2D eigenvalue weighted by atomic mass is 9.63. The third-order valence-electron chi connectivity index (χ3n) is 26.4. The number of rotatable bonds is 32. The Hall–Kier alpha value is -6.91. The zero-order chi connectivity index (χ0) is 80.1. The quantitative estimate of drug-likeness (QED) is 0.0179. The molecule has 11 rings (SSSR count). The van der Waals surface area contributed by atoms with E-state index in [4.69, 9.17) is 30.3 Å². The average molecular weight is 1530 g/mol.